The van der Waals surface area contributed by atoms with E-state index >= 15 is 8.78 Å². The third-order valence-electron chi connectivity index (χ3n) is 4.35. The van der Waals surface area contributed by atoms with Crippen LogP contribution in [0.5, 0.6) is 0 Å². The van der Waals surface area contributed by atoms with Crippen LogP contribution in [0.2, 0.25) is 0 Å². The van der Waals surface area contributed by atoms with Crippen LogP contribution in [0.25, 0.3) is 11.2 Å². The molecule has 3 rings (SSSR count). The zero-order chi connectivity index (χ0) is 21.1. The van der Waals surface area contributed by atoms with E-state index in [9.17, 15) is 9.67 Å². The first-order valence-electron chi connectivity index (χ1n) is 8.08. The molecule has 28 heavy (non-hydrogen) atoms. The number of anilines is 1. The lowest BCUT2D eigenvalue weighted by Gasteiger charge is -2.25. The summed E-state index contributed by atoms with van der Waals surface area (Å²) in [6.45, 7) is 1.13. The van der Waals surface area contributed by atoms with Gasteiger partial charge in [0, 0.05) is 14.1 Å². The molecule has 3 N–H and O–H groups in total. The Morgan fingerprint density at radius 1 is 1.39 bits per heavy atom. The molecule has 0 spiro atoms. The van der Waals surface area contributed by atoms with Gasteiger partial charge in [-0.1, -0.05) is 0 Å². The molecule has 11 nitrogen and oxygen atoms in total. The van der Waals surface area contributed by atoms with Crippen LogP contribution in [0.15, 0.2) is 6.33 Å². The van der Waals surface area contributed by atoms with Gasteiger partial charge in [-0.05, 0) is 13.8 Å². The van der Waals surface area contributed by atoms with Gasteiger partial charge in [-0.3, -0.25) is 9.09 Å². The van der Waals surface area contributed by atoms with Crippen LogP contribution in [0.4, 0.5) is 14.6 Å². The number of ether oxygens (including phenoxy) is 1. The molecule has 1 aliphatic rings. The van der Waals surface area contributed by atoms with Gasteiger partial charge in [-0.25, -0.2) is 28.3 Å². The molecular formula is C14H20F2N5O6P. The Kier molecular flexibility index (Phi) is 4.97. The predicted octanol–water partition coefficient (Wildman–Crippen LogP) is 0.594. The smallest absolute Gasteiger partial charge is 0.384 e. The third-order valence-corrected chi connectivity index (χ3v) is 4.82. The van der Waals surface area contributed by atoms with Crippen molar-refractivity contribution in [1.82, 2.24) is 19.5 Å². The normalized spacial score (nSPS) is 30.9. The molecule has 0 aromatic carbocycles. The van der Waals surface area contributed by atoms with Crippen LogP contribution in [-0.4, -0.2) is 72.7 Å². The molecule has 1 fully saturated rings. The summed E-state index contributed by atoms with van der Waals surface area (Å²) >= 11 is 0. The Labute approximate surface area is 158 Å². The quantitative estimate of drug-likeness (QED) is 0.585. The van der Waals surface area contributed by atoms with Crippen molar-refractivity contribution in [3.05, 3.63) is 12.2 Å². The molecule has 14 heteroatoms. The Morgan fingerprint density at radius 2 is 2.04 bits per heavy atom. The molecular weight excluding hydrogens is 403 g/mol. The number of aromatic nitrogens is 4. The topological polar surface area (TPSA) is 143 Å². The van der Waals surface area contributed by atoms with Crippen molar-refractivity contribution in [3.8, 4) is 0 Å². The van der Waals surface area contributed by atoms with Crippen LogP contribution in [0.1, 0.15) is 19.0 Å². The van der Waals surface area contributed by atoms with Gasteiger partial charge >= 0.3 is 7.82 Å². The van der Waals surface area contributed by atoms with Crippen LogP contribution in [-0.2, 0) is 13.8 Å². The molecule has 0 unspecified atom stereocenters. The number of hydrogen-bond donors (Lipinski definition) is 3. The van der Waals surface area contributed by atoms with Crippen LogP contribution < -0.4 is 4.90 Å². The molecule has 1 aliphatic heterocycles. The Bertz CT molecular complexity index is 950. The zero-order valence-electron chi connectivity index (χ0n) is 15.4. The fourth-order valence-electron chi connectivity index (χ4n) is 3.03. The summed E-state index contributed by atoms with van der Waals surface area (Å²) in [4.78, 5) is 31.8. The van der Waals surface area contributed by atoms with Crippen molar-refractivity contribution < 1.29 is 37.5 Å². The molecule has 1 saturated heterocycles. The fourth-order valence-corrected chi connectivity index (χ4v) is 3.37. The lowest BCUT2D eigenvalue weighted by Crippen LogP contribution is -2.46. The van der Waals surface area contributed by atoms with Gasteiger partial charge < -0.3 is 24.5 Å². The number of aliphatic hydroxyl groups excluding tert-OH is 1. The van der Waals surface area contributed by atoms with Gasteiger partial charge in [0.2, 0.25) is 0 Å². The van der Waals surface area contributed by atoms with Crippen LogP contribution in [0, 0.1) is 6.92 Å². The minimum absolute atomic E-state index is 0.137. The Balaban J connectivity index is 2.05. The molecule has 0 bridgehead atoms. The number of phosphoric ester groups is 1. The number of alkyl halides is 2. The van der Waals surface area contributed by atoms with Crippen molar-refractivity contribution >= 4 is 24.8 Å². The molecule has 2 aromatic heterocycles. The van der Waals surface area contributed by atoms with Crippen molar-refractivity contribution in [2.24, 2.45) is 0 Å². The number of halogens is 2. The first-order chi connectivity index (χ1) is 12.8. The van der Waals surface area contributed by atoms with Crippen molar-refractivity contribution in [2.45, 2.75) is 37.7 Å². The predicted molar refractivity (Wildman–Crippen MR) is 91.9 cm³/mol. The molecule has 4 atom stereocenters. The number of hydrogen-bond acceptors (Lipinski definition) is 8. The second-order valence-electron chi connectivity index (χ2n) is 6.89. The first kappa shape index (κ1) is 21.0. The van der Waals surface area contributed by atoms with Gasteiger partial charge in [0.25, 0.3) is 5.85 Å². The fraction of sp³-hybridized carbons (Fsp3) is 0.643. The van der Waals surface area contributed by atoms with Crippen LogP contribution in [0.3, 0.4) is 0 Å². The van der Waals surface area contributed by atoms with E-state index in [-0.39, 0.29) is 5.65 Å². The zero-order valence-corrected chi connectivity index (χ0v) is 16.3. The minimum atomic E-state index is -5.07. The second kappa shape index (κ2) is 6.65. The standard InChI is InChI=1S/C14H20F2N5O6P/c1-7-18-9(20(3)4)8-10(19-7)21(6-17-8)12-13(2,15)11(22)14(16,27-12)5-26-28(23,24)25/h6,11-12,22H,5H2,1-4H3,(H2,23,24,25)/t11-,12+,13+,14+/m0/s1. The number of rotatable bonds is 5. The summed E-state index contributed by atoms with van der Waals surface area (Å²) in [5.41, 5.74) is -2.26. The van der Waals surface area contributed by atoms with E-state index in [1.807, 2.05) is 0 Å². The number of aliphatic hydroxyl groups is 1. The van der Waals surface area contributed by atoms with Crippen molar-refractivity contribution in [1.29, 1.82) is 0 Å². The average molecular weight is 423 g/mol. The molecule has 0 radical (unpaired) electrons. The molecule has 0 aliphatic carbocycles. The van der Waals surface area contributed by atoms with Gasteiger partial charge in [0.15, 0.2) is 35.0 Å². The van der Waals surface area contributed by atoms with Crippen molar-refractivity contribution in [3.63, 3.8) is 0 Å². The van der Waals surface area contributed by atoms with Gasteiger partial charge in [0.1, 0.15) is 12.4 Å². The van der Waals surface area contributed by atoms with E-state index in [0.29, 0.717) is 17.2 Å². The van der Waals surface area contributed by atoms with Gasteiger partial charge in [-0.15, -0.1) is 0 Å². The minimum Gasteiger partial charge on any atom is -0.384 e. The number of fused-ring (bicyclic) bond motifs is 1. The highest BCUT2D eigenvalue weighted by atomic mass is 31.2. The van der Waals surface area contributed by atoms with E-state index < -0.39 is 38.3 Å². The SMILES string of the molecule is Cc1nc(N(C)C)c2ncn([C@@H]3O[C@](F)(COP(=O)(O)O)[C@@H](O)[C@@]3(C)F)c2n1. The van der Waals surface area contributed by atoms with Crippen LogP contribution >= 0.6 is 7.82 Å². The second-order valence-corrected chi connectivity index (χ2v) is 8.13. The molecule has 2 aromatic rings. The van der Waals surface area contributed by atoms with Gasteiger partial charge in [-0.2, -0.15) is 0 Å². The summed E-state index contributed by atoms with van der Waals surface area (Å²) in [5.74, 6) is -2.43. The average Bonchev–Trinajstić information content (AvgIpc) is 3.05. The number of imidazole rings is 1. The van der Waals surface area contributed by atoms with E-state index in [2.05, 4.69) is 19.5 Å². The highest BCUT2D eigenvalue weighted by molar-refractivity contribution is 7.46. The maximum Gasteiger partial charge on any atom is 0.469 e. The summed E-state index contributed by atoms with van der Waals surface area (Å²) in [6, 6.07) is 0. The summed E-state index contributed by atoms with van der Waals surface area (Å²) < 4.78 is 51.4. The highest BCUT2D eigenvalue weighted by Crippen LogP contribution is 2.50. The lowest BCUT2D eigenvalue weighted by atomic mass is 9.97. The lowest BCUT2D eigenvalue weighted by molar-refractivity contribution is -0.204. The Morgan fingerprint density at radius 3 is 2.61 bits per heavy atom. The van der Waals surface area contributed by atoms with E-state index in [4.69, 9.17) is 14.5 Å². The Hall–Kier alpha value is -1.76. The largest absolute Gasteiger partial charge is 0.469 e. The summed E-state index contributed by atoms with van der Waals surface area (Å²) in [6.07, 6.45) is -2.97. The maximum absolute atomic E-state index is 15.3. The van der Waals surface area contributed by atoms with E-state index in [1.165, 1.54) is 0 Å². The van der Waals surface area contributed by atoms with E-state index in [1.54, 1.807) is 25.9 Å². The number of aryl methyl sites for hydroxylation is 1. The number of nitrogens with zero attached hydrogens (tertiary/aromatic N) is 5. The molecule has 0 saturated carbocycles. The maximum atomic E-state index is 15.3. The first-order valence-corrected chi connectivity index (χ1v) is 9.61. The van der Waals surface area contributed by atoms with E-state index in [0.717, 1.165) is 17.8 Å². The molecule has 0 amide bonds. The number of phosphoric acid groups is 1. The third kappa shape index (κ3) is 3.49. The summed E-state index contributed by atoms with van der Waals surface area (Å²) in [7, 11) is -1.62. The van der Waals surface area contributed by atoms with Crippen molar-refractivity contribution in [2.75, 3.05) is 25.6 Å². The summed E-state index contributed by atoms with van der Waals surface area (Å²) in [5, 5.41) is 10.1. The monoisotopic (exact) mass is 423 g/mol. The molecule has 156 valence electrons. The highest BCUT2D eigenvalue weighted by Gasteiger charge is 2.65. The molecule has 3 heterocycles. The van der Waals surface area contributed by atoms with Gasteiger partial charge in [0.05, 0.1) is 6.33 Å².